The summed E-state index contributed by atoms with van der Waals surface area (Å²) in [5.74, 6) is -0.914. The molecule has 0 aliphatic heterocycles. The molecule has 0 aromatic heterocycles. The van der Waals surface area contributed by atoms with Crippen LogP contribution in [0.3, 0.4) is 0 Å². The summed E-state index contributed by atoms with van der Waals surface area (Å²) in [6.45, 7) is 9.42. The van der Waals surface area contributed by atoms with Crippen molar-refractivity contribution in [3.63, 3.8) is 0 Å². The third-order valence-corrected chi connectivity index (χ3v) is 2.81. The lowest BCUT2D eigenvalue weighted by atomic mass is 9.88. The molecule has 0 saturated carbocycles. The third kappa shape index (κ3) is 4.64. The van der Waals surface area contributed by atoms with E-state index in [1.807, 2.05) is 34.6 Å². The largest absolute Gasteiger partial charge is 0.480 e. The summed E-state index contributed by atoms with van der Waals surface area (Å²) in [6.07, 6.45) is 1.15. The van der Waals surface area contributed by atoms with E-state index in [-0.39, 0.29) is 11.8 Å². The molecular weight excluding hydrogens is 206 g/mol. The fraction of sp³-hybridized carbons (Fsp3) is 0.833. The minimum Gasteiger partial charge on any atom is -0.480 e. The Labute approximate surface area is 97.4 Å². The van der Waals surface area contributed by atoms with E-state index in [0.29, 0.717) is 12.8 Å². The van der Waals surface area contributed by atoms with Gasteiger partial charge in [0.2, 0.25) is 5.91 Å². The van der Waals surface area contributed by atoms with Crippen molar-refractivity contribution in [3.8, 4) is 0 Å². The first-order valence-electron chi connectivity index (χ1n) is 5.74. The van der Waals surface area contributed by atoms with E-state index in [9.17, 15) is 9.59 Å². The number of rotatable bonds is 6. The first-order chi connectivity index (χ1) is 7.20. The lowest BCUT2D eigenvalue weighted by molar-refractivity contribution is -0.144. The van der Waals surface area contributed by atoms with E-state index < -0.39 is 17.4 Å². The number of carbonyl (C=O) groups is 2. The van der Waals surface area contributed by atoms with Crippen LogP contribution in [0, 0.1) is 11.3 Å². The van der Waals surface area contributed by atoms with Gasteiger partial charge in [-0.1, -0.05) is 34.6 Å². The number of carbonyl (C=O) groups excluding carboxylic acids is 1. The smallest absolute Gasteiger partial charge is 0.326 e. The van der Waals surface area contributed by atoms with Crippen LogP contribution < -0.4 is 5.32 Å². The summed E-state index contributed by atoms with van der Waals surface area (Å²) >= 11 is 0. The van der Waals surface area contributed by atoms with Gasteiger partial charge in [-0.15, -0.1) is 0 Å². The van der Waals surface area contributed by atoms with Gasteiger partial charge < -0.3 is 10.4 Å². The predicted octanol–water partition coefficient (Wildman–Crippen LogP) is 2.04. The number of carboxylic acid groups (broad SMARTS) is 1. The zero-order chi connectivity index (χ0) is 12.9. The zero-order valence-corrected chi connectivity index (χ0v) is 10.8. The Bertz CT molecular complexity index is 259. The molecule has 0 rings (SSSR count). The molecule has 0 bridgehead atoms. The zero-order valence-electron chi connectivity index (χ0n) is 10.8. The van der Waals surface area contributed by atoms with Crippen LogP contribution in [0.4, 0.5) is 0 Å². The molecule has 0 aromatic carbocycles. The maximum Gasteiger partial charge on any atom is 0.326 e. The van der Waals surface area contributed by atoms with Gasteiger partial charge in [-0.3, -0.25) is 4.79 Å². The normalized spacial score (nSPS) is 13.6. The molecule has 2 N–H and O–H groups in total. The van der Waals surface area contributed by atoms with Crippen LogP contribution in [0.25, 0.3) is 0 Å². The number of aliphatic carboxylic acids is 1. The number of amides is 1. The minimum atomic E-state index is -0.964. The van der Waals surface area contributed by atoms with Gasteiger partial charge in [-0.25, -0.2) is 4.79 Å². The van der Waals surface area contributed by atoms with E-state index in [1.165, 1.54) is 0 Å². The molecule has 0 aliphatic rings. The van der Waals surface area contributed by atoms with Gasteiger partial charge in [0.15, 0.2) is 0 Å². The van der Waals surface area contributed by atoms with Crippen LogP contribution in [0.5, 0.6) is 0 Å². The summed E-state index contributed by atoms with van der Waals surface area (Å²) in [5, 5.41) is 11.6. The number of nitrogens with one attached hydrogen (secondary N) is 1. The second kappa shape index (κ2) is 5.87. The van der Waals surface area contributed by atoms with Gasteiger partial charge in [0.25, 0.3) is 0 Å². The molecule has 0 spiro atoms. The minimum absolute atomic E-state index is 0.192. The first-order valence-corrected chi connectivity index (χ1v) is 5.74. The third-order valence-electron chi connectivity index (χ3n) is 2.81. The quantitative estimate of drug-likeness (QED) is 0.732. The van der Waals surface area contributed by atoms with Crippen LogP contribution in [0.1, 0.15) is 47.5 Å². The maximum absolute atomic E-state index is 11.8. The monoisotopic (exact) mass is 229 g/mol. The fourth-order valence-electron chi connectivity index (χ4n) is 1.21. The highest BCUT2D eigenvalue weighted by Gasteiger charge is 2.29. The van der Waals surface area contributed by atoms with E-state index in [2.05, 4.69) is 5.32 Å². The number of hydrogen-bond acceptors (Lipinski definition) is 2. The molecule has 0 saturated heterocycles. The molecule has 0 heterocycles. The van der Waals surface area contributed by atoms with Gasteiger partial charge in [0.05, 0.1) is 0 Å². The molecule has 1 amide bonds. The molecule has 16 heavy (non-hydrogen) atoms. The van der Waals surface area contributed by atoms with Gasteiger partial charge in [-0.2, -0.15) is 0 Å². The average Bonchev–Trinajstić information content (AvgIpc) is 2.15. The molecule has 0 fully saturated rings. The van der Waals surface area contributed by atoms with E-state index in [1.54, 1.807) is 0 Å². The lowest BCUT2D eigenvalue weighted by Crippen LogP contribution is -2.47. The van der Waals surface area contributed by atoms with Crippen molar-refractivity contribution in [1.29, 1.82) is 0 Å². The van der Waals surface area contributed by atoms with Crippen molar-refractivity contribution < 1.29 is 14.7 Å². The highest BCUT2D eigenvalue weighted by atomic mass is 16.4. The van der Waals surface area contributed by atoms with Crippen molar-refractivity contribution in [2.24, 2.45) is 11.3 Å². The van der Waals surface area contributed by atoms with Gasteiger partial charge >= 0.3 is 5.97 Å². The van der Waals surface area contributed by atoms with E-state index in [4.69, 9.17) is 5.11 Å². The molecule has 0 aromatic rings. The highest BCUT2D eigenvalue weighted by molar-refractivity contribution is 5.86. The van der Waals surface area contributed by atoms with Crippen LogP contribution in [0.15, 0.2) is 0 Å². The van der Waals surface area contributed by atoms with Crippen LogP contribution in [-0.4, -0.2) is 23.0 Å². The predicted molar refractivity (Wildman–Crippen MR) is 63.1 cm³/mol. The van der Waals surface area contributed by atoms with Gasteiger partial charge in [0, 0.05) is 5.41 Å². The average molecular weight is 229 g/mol. The number of hydrogen-bond donors (Lipinski definition) is 2. The SMILES string of the molecule is CCC(C)(C)C(=O)NC(CC(C)C)C(=O)O. The molecule has 0 radical (unpaired) electrons. The molecule has 4 nitrogen and oxygen atoms in total. The Morgan fingerprint density at radius 3 is 2.12 bits per heavy atom. The standard InChI is InChI=1S/C12H23NO3/c1-6-12(4,5)11(16)13-9(10(14)15)7-8(2)3/h8-9H,6-7H2,1-5H3,(H,13,16)(H,14,15). The fourth-order valence-corrected chi connectivity index (χ4v) is 1.21. The Hall–Kier alpha value is -1.06. The topological polar surface area (TPSA) is 66.4 Å². The Morgan fingerprint density at radius 1 is 1.31 bits per heavy atom. The van der Waals surface area contributed by atoms with Crippen LogP contribution >= 0.6 is 0 Å². The highest BCUT2D eigenvalue weighted by Crippen LogP contribution is 2.20. The van der Waals surface area contributed by atoms with Crippen molar-refractivity contribution >= 4 is 11.9 Å². The van der Waals surface area contributed by atoms with Crippen molar-refractivity contribution in [3.05, 3.63) is 0 Å². The second-order valence-corrected chi connectivity index (χ2v) is 5.23. The molecule has 4 heteroatoms. The van der Waals surface area contributed by atoms with Gasteiger partial charge in [0.1, 0.15) is 6.04 Å². The molecule has 0 aliphatic carbocycles. The second-order valence-electron chi connectivity index (χ2n) is 5.23. The summed E-state index contributed by atoms with van der Waals surface area (Å²) in [6, 6.07) is -0.779. The first kappa shape index (κ1) is 14.9. The molecule has 94 valence electrons. The summed E-state index contributed by atoms with van der Waals surface area (Å²) < 4.78 is 0. The van der Waals surface area contributed by atoms with E-state index in [0.717, 1.165) is 0 Å². The van der Waals surface area contributed by atoms with Gasteiger partial charge in [-0.05, 0) is 18.8 Å². The van der Waals surface area contributed by atoms with Crippen molar-refractivity contribution in [2.45, 2.75) is 53.5 Å². The summed E-state index contributed by atoms with van der Waals surface area (Å²) in [7, 11) is 0. The molecular formula is C12H23NO3. The Morgan fingerprint density at radius 2 is 1.81 bits per heavy atom. The lowest BCUT2D eigenvalue weighted by Gasteiger charge is -2.25. The Kier molecular flexibility index (Phi) is 5.48. The van der Waals surface area contributed by atoms with E-state index >= 15 is 0 Å². The summed E-state index contributed by atoms with van der Waals surface area (Å²) in [4.78, 5) is 22.8. The number of carboxylic acids is 1. The van der Waals surface area contributed by atoms with Crippen LogP contribution in [0.2, 0.25) is 0 Å². The Balaban J connectivity index is 4.52. The van der Waals surface area contributed by atoms with Crippen LogP contribution in [-0.2, 0) is 9.59 Å². The van der Waals surface area contributed by atoms with Crippen molar-refractivity contribution in [1.82, 2.24) is 5.32 Å². The summed E-state index contributed by atoms with van der Waals surface area (Å²) in [5.41, 5.74) is -0.509. The maximum atomic E-state index is 11.8. The van der Waals surface area contributed by atoms with Crippen molar-refractivity contribution in [2.75, 3.05) is 0 Å². The molecule has 1 atom stereocenters. The molecule has 1 unspecified atom stereocenters.